The van der Waals surface area contributed by atoms with Crippen LogP contribution >= 0.6 is 0 Å². The van der Waals surface area contributed by atoms with Gasteiger partial charge in [0, 0.05) is 35.6 Å². The Bertz CT molecular complexity index is 1830. The molecule has 0 saturated carbocycles. The van der Waals surface area contributed by atoms with Gasteiger partial charge in [-0.15, -0.1) is 5.10 Å². The Morgan fingerprint density at radius 2 is 1.67 bits per heavy atom. The van der Waals surface area contributed by atoms with E-state index in [9.17, 15) is 9.18 Å². The molecule has 0 spiro atoms. The molecule has 0 atom stereocenters. The van der Waals surface area contributed by atoms with Crippen molar-refractivity contribution >= 4 is 22.6 Å². The van der Waals surface area contributed by atoms with Gasteiger partial charge in [0.2, 0.25) is 0 Å². The number of nitrogens with zero attached hydrogens (tertiary/aromatic N) is 4. The largest absolute Gasteiger partial charge is 0.493 e. The van der Waals surface area contributed by atoms with Crippen LogP contribution in [0.3, 0.4) is 0 Å². The summed E-state index contributed by atoms with van der Waals surface area (Å²) in [4.78, 5) is 21.9. The highest BCUT2D eigenvalue weighted by Gasteiger charge is 2.24. The van der Waals surface area contributed by atoms with Crippen molar-refractivity contribution in [2.45, 2.75) is 13.8 Å². The number of fused-ring (bicyclic) bond motifs is 1. The Kier molecular flexibility index (Phi) is 7.78. The molecule has 3 aromatic heterocycles. The number of aromatic nitrogens is 4. The molecule has 0 saturated heterocycles. The number of halogens is 2. The van der Waals surface area contributed by atoms with Crippen LogP contribution in [-0.4, -0.2) is 47.4 Å². The van der Waals surface area contributed by atoms with Crippen LogP contribution in [0.5, 0.6) is 28.9 Å². The number of amides is 1. The third-order valence-electron chi connectivity index (χ3n) is 6.41. The van der Waals surface area contributed by atoms with Gasteiger partial charge in [0.1, 0.15) is 11.3 Å². The lowest BCUT2D eigenvalue weighted by atomic mass is 9.98. The minimum absolute atomic E-state index is 0.112. The van der Waals surface area contributed by atoms with Crippen LogP contribution in [0.1, 0.15) is 21.7 Å². The van der Waals surface area contributed by atoms with E-state index in [1.54, 1.807) is 32.0 Å². The molecule has 2 aromatic carbocycles. The molecule has 5 rings (SSSR count). The van der Waals surface area contributed by atoms with E-state index in [1.165, 1.54) is 51.8 Å². The molecule has 1 amide bonds. The van der Waals surface area contributed by atoms with E-state index in [-0.39, 0.29) is 34.5 Å². The van der Waals surface area contributed by atoms with Crippen molar-refractivity contribution in [1.82, 2.24) is 20.2 Å². The Morgan fingerprint density at radius 3 is 2.36 bits per heavy atom. The molecule has 5 aromatic rings. The zero-order valence-corrected chi connectivity index (χ0v) is 23.3. The minimum atomic E-state index is -0.747. The molecule has 0 unspecified atom stereocenters. The summed E-state index contributed by atoms with van der Waals surface area (Å²) in [5, 5.41) is 10.7. The van der Waals surface area contributed by atoms with Gasteiger partial charge >= 0.3 is 0 Å². The highest BCUT2D eigenvalue weighted by Crippen LogP contribution is 2.37. The number of hydrogen-bond acceptors (Lipinski definition) is 9. The zero-order valence-electron chi connectivity index (χ0n) is 23.3. The van der Waals surface area contributed by atoms with Crippen molar-refractivity contribution in [2.75, 3.05) is 26.6 Å². The van der Waals surface area contributed by atoms with E-state index < -0.39 is 17.5 Å². The first-order valence-electron chi connectivity index (χ1n) is 12.6. The predicted octanol–water partition coefficient (Wildman–Crippen LogP) is 6.05. The van der Waals surface area contributed by atoms with Crippen LogP contribution in [0.4, 0.5) is 14.5 Å². The number of anilines is 1. The average Bonchev–Trinajstić information content (AvgIpc) is 2.98. The summed E-state index contributed by atoms with van der Waals surface area (Å²) in [5.41, 5.74) is 3.05. The summed E-state index contributed by atoms with van der Waals surface area (Å²) in [6.07, 6.45) is 1.50. The summed E-state index contributed by atoms with van der Waals surface area (Å²) in [5.74, 6) is -0.945. The van der Waals surface area contributed by atoms with E-state index in [0.29, 0.717) is 39.2 Å². The maximum Gasteiger partial charge on any atom is 0.280 e. The molecule has 0 aliphatic rings. The molecule has 214 valence electrons. The first kappa shape index (κ1) is 28.1. The summed E-state index contributed by atoms with van der Waals surface area (Å²) < 4.78 is 50.8. The van der Waals surface area contributed by atoms with E-state index in [0.717, 1.165) is 6.07 Å². The van der Waals surface area contributed by atoms with Crippen molar-refractivity contribution in [1.29, 1.82) is 0 Å². The van der Waals surface area contributed by atoms with E-state index in [4.69, 9.17) is 18.9 Å². The molecular formula is C30H25F2N5O5. The summed E-state index contributed by atoms with van der Waals surface area (Å²) in [6.45, 7) is 3.44. The minimum Gasteiger partial charge on any atom is -0.493 e. The number of ether oxygens (including phenoxy) is 4. The number of methoxy groups -OCH3 is 3. The second-order valence-electron chi connectivity index (χ2n) is 9.08. The number of carbonyl (C=O) groups is 1. The first-order chi connectivity index (χ1) is 20.2. The highest BCUT2D eigenvalue weighted by atomic mass is 19.1. The molecule has 12 heteroatoms. The quantitative estimate of drug-likeness (QED) is 0.237. The first-order valence-corrected chi connectivity index (χ1v) is 12.6. The van der Waals surface area contributed by atoms with Gasteiger partial charge in [-0.2, -0.15) is 5.10 Å². The molecule has 0 aliphatic carbocycles. The second kappa shape index (κ2) is 11.6. The van der Waals surface area contributed by atoms with Gasteiger partial charge in [0.05, 0.1) is 32.5 Å². The summed E-state index contributed by atoms with van der Waals surface area (Å²) in [6, 6.07) is 11.4. The Morgan fingerprint density at radius 1 is 0.857 bits per heavy atom. The molecule has 0 bridgehead atoms. The fourth-order valence-electron chi connectivity index (χ4n) is 4.43. The van der Waals surface area contributed by atoms with Gasteiger partial charge < -0.3 is 24.3 Å². The number of aryl methyl sites for hydroxylation is 2. The molecule has 10 nitrogen and oxygen atoms in total. The van der Waals surface area contributed by atoms with Crippen LogP contribution in [0.15, 0.2) is 54.7 Å². The lowest BCUT2D eigenvalue weighted by molar-refractivity contribution is 0.101. The van der Waals surface area contributed by atoms with E-state index in [1.807, 2.05) is 0 Å². The molecule has 0 radical (unpaired) electrons. The molecule has 0 aliphatic heterocycles. The Labute approximate surface area is 239 Å². The third kappa shape index (κ3) is 5.33. The van der Waals surface area contributed by atoms with E-state index >= 15 is 4.39 Å². The van der Waals surface area contributed by atoms with Gasteiger partial charge in [-0.1, -0.05) is 6.07 Å². The van der Waals surface area contributed by atoms with Crippen LogP contribution in [0.25, 0.3) is 22.2 Å². The van der Waals surface area contributed by atoms with Crippen LogP contribution in [0.2, 0.25) is 0 Å². The lowest BCUT2D eigenvalue weighted by Gasteiger charge is -2.16. The maximum atomic E-state index is 15.2. The number of pyridine rings is 2. The van der Waals surface area contributed by atoms with Crippen LogP contribution in [-0.2, 0) is 0 Å². The van der Waals surface area contributed by atoms with Crippen LogP contribution in [0, 0.1) is 25.5 Å². The normalized spacial score (nSPS) is 10.8. The molecule has 3 heterocycles. The lowest BCUT2D eigenvalue weighted by Crippen LogP contribution is -2.17. The fraction of sp³-hybridized carbons (Fsp3) is 0.167. The van der Waals surface area contributed by atoms with E-state index in [2.05, 4.69) is 25.5 Å². The van der Waals surface area contributed by atoms with Gasteiger partial charge in [0.15, 0.2) is 34.5 Å². The highest BCUT2D eigenvalue weighted by molar-refractivity contribution is 6.06. The molecule has 42 heavy (non-hydrogen) atoms. The SMILES string of the molecule is COc1cc2nccc(Oc3ccc(NC(=O)c4nnc(C)c(-c5ccc(F)cc5C)c4OC)cc3F)c2nc1OC. The monoisotopic (exact) mass is 573 g/mol. The van der Waals surface area contributed by atoms with Gasteiger partial charge in [-0.3, -0.25) is 9.78 Å². The number of hydrogen-bond donors (Lipinski definition) is 1. The zero-order chi connectivity index (χ0) is 30.0. The second-order valence-corrected chi connectivity index (χ2v) is 9.08. The van der Waals surface area contributed by atoms with Crippen molar-refractivity contribution in [3.63, 3.8) is 0 Å². The van der Waals surface area contributed by atoms with Crippen LogP contribution < -0.4 is 24.3 Å². The van der Waals surface area contributed by atoms with Crippen molar-refractivity contribution in [3.05, 3.63) is 83.3 Å². The van der Waals surface area contributed by atoms with Crippen molar-refractivity contribution in [2.24, 2.45) is 0 Å². The number of nitrogens with one attached hydrogen (secondary N) is 1. The maximum absolute atomic E-state index is 15.2. The van der Waals surface area contributed by atoms with Gasteiger partial charge in [-0.25, -0.2) is 13.8 Å². The number of carbonyl (C=O) groups excluding carboxylic acids is 1. The standard InChI is InChI=1S/C30H25F2N5O5/c1-15-12-17(31)6-8-19(15)25-16(2)36-37-27(28(25)40-4)29(38)34-18-7-9-22(20(32)13-18)42-23-10-11-33-21-14-24(39-3)30(41-5)35-26(21)23/h6-14H,1-5H3,(H,34,38). The number of rotatable bonds is 8. The Balaban J connectivity index is 1.42. The van der Waals surface area contributed by atoms with Crippen molar-refractivity contribution < 1.29 is 32.5 Å². The smallest absolute Gasteiger partial charge is 0.280 e. The molecule has 1 N–H and O–H groups in total. The Hall–Kier alpha value is -5.39. The van der Waals surface area contributed by atoms with Gasteiger partial charge in [0.25, 0.3) is 11.8 Å². The third-order valence-corrected chi connectivity index (χ3v) is 6.41. The molecular weight excluding hydrogens is 548 g/mol. The topological polar surface area (TPSA) is 118 Å². The molecule has 0 fully saturated rings. The average molecular weight is 574 g/mol. The number of benzene rings is 2. The van der Waals surface area contributed by atoms with Gasteiger partial charge in [-0.05, 0) is 49.2 Å². The fourth-order valence-corrected chi connectivity index (χ4v) is 4.43. The summed E-state index contributed by atoms with van der Waals surface area (Å²) in [7, 11) is 4.32. The van der Waals surface area contributed by atoms with Crippen molar-refractivity contribution in [3.8, 4) is 40.0 Å². The predicted molar refractivity (Wildman–Crippen MR) is 151 cm³/mol. The summed E-state index contributed by atoms with van der Waals surface area (Å²) >= 11 is 0.